The molecule has 1 fully saturated rings. The summed E-state index contributed by atoms with van der Waals surface area (Å²) in [6, 6.07) is 14.0. The van der Waals surface area contributed by atoms with E-state index in [9.17, 15) is 14.7 Å². The van der Waals surface area contributed by atoms with Gasteiger partial charge in [-0.05, 0) is 61.2 Å². The molecule has 35 heavy (non-hydrogen) atoms. The Hall–Kier alpha value is -2.77. The van der Waals surface area contributed by atoms with Crippen molar-refractivity contribution in [2.24, 2.45) is 5.92 Å². The quantitative estimate of drug-likeness (QED) is 0.370. The molecule has 190 valence electrons. The first-order valence-corrected chi connectivity index (χ1v) is 12.6. The van der Waals surface area contributed by atoms with E-state index in [1.165, 1.54) is 25.7 Å². The summed E-state index contributed by atoms with van der Waals surface area (Å²) in [5.41, 5.74) is 0.850. The Balaban J connectivity index is 1.53. The average Bonchev–Trinajstić information content (AvgIpc) is 3.37. The first-order chi connectivity index (χ1) is 16.9. The van der Waals surface area contributed by atoms with E-state index in [0.29, 0.717) is 48.7 Å². The molecule has 1 atom stereocenters. The Morgan fingerprint density at radius 1 is 1.03 bits per heavy atom. The Morgan fingerprint density at radius 3 is 2.31 bits per heavy atom. The van der Waals surface area contributed by atoms with Crippen molar-refractivity contribution in [2.45, 2.75) is 51.6 Å². The van der Waals surface area contributed by atoms with Crippen LogP contribution in [0.1, 0.15) is 44.6 Å². The van der Waals surface area contributed by atoms with Gasteiger partial charge in [0.1, 0.15) is 18.1 Å². The molecule has 1 N–H and O–H groups in total. The molecule has 1 aliphatic rings. The van der Waals surface area contributed by atoms with Crippen molar-refractivity contribution in [3.05, 3.63) is 59.1 Å². The maximum absolute atomic E-state index is 12.9. The summed E-state index contributed by atoms with van der Waals surface area (Å²) >= 11 is 5.92. The second-order valence-corrected chi connectivity index (χ2v) is 9.16. The normalized spacial score (nSPS) is 14.5. The summed E-state index contributed by atoms with van der Waals surface area (Å²) in [5.74, 6) is 0.781. The highest BCUT2D eigenvalue weighted by Gasteiger charge is 2.21. The van der Waals surface area contributed by atoms with E-state index in [1.807, 2.05) is 12.1 Å². The van der Waals surface area contributed by atoms with Gasteiger partial charge in [0.2, 0.25) is 0 Å². The first-order valence-electron chi connectivity index (χ1n) is 12.2. The van der Waals surface area contributed by atoms with E-state index in [4.69, 9.17) is 25.8 Å². The number of amides is 1. The SMILES string of the molecule is CCOC(Cc1ccc(OCCN(CCC2CCCC2)C(=O)Oc2ccc(Cl)cc2)cc1)C(=O)O. The second-order valence-electron chi connectivity index (χ2n) is 8.73. The molecule has 7 nitrogen and oxygen atoms in total. The molecule has 0 saturated heterocycles. The number of carboxylic acids is 1. The van der Waals surface area contributed by atoms with E-state index in [0.717, 1.165) is 12.0 Å². The van der Waals surface area contributed by atoms with Crippen molar-refractivity contribution in [1.29, 1.82) is 0 Å². The zero-order chi connectivity index (χ0) is 25.0. The number of aliphatic carboxylic acids is 1. The van der Waals surface area contributed by atoms with Crippen molar-refractivity contribution < 1.29 is 28.9 Å². The number of carboxylic acid groups (broad SMARTS) is 1. The van der Waals surface area contributed by atoms with Gasteiger partial charge < -0.3 is 24.2 Å². The Labute approximate surface area is 211 Å². The maximum Gasteiger partial charge on any atom is 0.415 e. The van der Waals surface area contributed by atoms with Crippen LogP contribution < -0.4 is 9.47 Å². The fraction of sp³-hybridized carbons (Fsp3) is 0.481. The third-order valence-corrected chi connectivity index (χ3v) is 6.43. The molecule has 1 amide bonds. The molecule has 0 heterocycles. The predicted molar refractivity (Wildman–Crippen MR) is 134 cm³/mol. The third-order valence-electron chi connectivity index (χ3n) is 6.18. The minimum atomic E-state index is -0.977. The number of ether oxygens (including phenoxy) is 3. The van der Waals surface area contributed by atoms with Crippen molar-refractivity contribution >= 4 is 23.7 Å². The number of carbonyl (C=O) groups excluding carboxylic acids is 1. The molecule has 0 radical (unpaired) electrons. The summed E-state index contributed by atoms with van der Waals surface area (Å²) in [5, 5.41) is 9.84. The van der Waals surface area contributed by atoms with Crippen LogP contribution in [0, 0.1) is 5.92 Å². The highest BCUT2D eigenvalue weighted by atomic mass is 35.5. The van der Waals surface area contributed by atoms with Gasteiger partial charge >= 0.3 is 12.1 Å². The summed E-state index contributed by atoms with van der Waals surface area (Å²) in [4.78, 5) is 25.8. The Bertz CT molecular complexity index is 928. The molecule has 2 aromatic rings. The number of hydrogen-bond donors (Lipinski definition) is 1. The van der Waals surface area contributed by atoms with E-state index in [1.54, 1.807) is 48.2 Å². The van der Waals surface area contributed by atoms with Gasteiger partial charge in [0.05, 0.1) is 6.54 Å². The maximum atomic E-state index is 12.9. The van der Waals surface area contributed by atoms with Gasteiger partial charge in [-0.3, -0.25) is 0 Å². The lowest BCUT2D eigenvalue weighted by Crippen LogP contribution is -2.38. The summed E-state index contributed by atoms with van der Waals surface area (Å²) < 4.78 is 16.7. The Kier molecular flexibility index (Phi) is 10.7. The van der Waals surface area contributed by atoms with Crippen LogP contribution in [-0.2, 0) is 16.0 Å². The molecule has 0 bridgehead atoms. The van der Waals surface area contributed by atoms with Crippen LogP contribution >= 0.6 is 11.6 Å². The molecule has 0 aliphatic heterocycles. The monoisotopic (exact) mass is 503 g/mol. The van der Waals surface area contributed by atoms with Gasteiger partial charge in [-0.2, -0.15) is 0 Å². The Morgan fingerprint density at radius 2 is 1.69 bits per heavy atom. The van der Waals surface area contributed by atoms with Crippen LogP contribution in [0.2, 0.25) is 5.02 Å². The lowest BCUT2D eigenvalue weighted by Gasteiger charge is -2.23. The molecule has 3 rings (SSSR count). The number of rotatable bonds is 13. The van der Waals surface area contributed by atoms with Gasteiger partial charge in [0, 0.05) is 24.6 Å². The second kappa shape index (κ2) is 14.0. The first kappa shape index (κ1) is 26.8. The van der Waals surface area contributed by atoms with Crippen LogP contribution in [0.15, 0.2) is 48.5 Å². The van der Waals surface area contributed by atoms with Gasteiger partial charge in [-0.15, -0.1) is 0 Å². The zero-order valence-electron chi connectivity index (χ0n) is 20.2. The summed E-state index contributed by atoms with van der Waals surface area (Å²) in [6.45, 7) is 3.45. The van der Waals surface area contributed by atoms with E-state index < -0.39 is 18.2 Å². The molecule has 1 aliphatic carbocycles. The van der Waals surface area contributed by atoms with Crippen LogP contribution in [0.3, 0.4) is 0 Å². The topological polar surface area (TPSA) is 85.3 Å². The summed E-state index contributed by atoms with van der Waals surface area (Å²) in [6.07, 6.45) is 4.92. The van der Waals surface area contributed by atoms with Gasteiger partial charge in [-0.1, -0.05) is 49.4 Å². The van der Waals surface area contributed by atoms with Crippen molar-refractivity contribution in [3.63, 3.8) is 0 Å². The number of halogens is 1. The summed E-state index contributed by atoms with van der Waals surface area (Å²) in [7, 11) is 0. The number of nitrogens with zero attached hydrogens (tertiary/aromatic N) is 1. The van der Waals surface area contributed by atoms with Crippen molar-refractivity contribution in [3.8, 4) is 11.5 Å². The minimum absolute atomic E-state index is 0.287. The fourth-order valence-electron chi connectivity index (χ4n) is 4.23. The lowest BCUT2D eigenvalue weighted by atomic mass is 10.0. The van der Waals surface area contributed by atoms with Crippen LogP contribution in [0.4, 0.5) is 4.79 Å². The molecular weight excluding hydrogens is 470 g/mol. The lowest BCUT2D eigenvalue weighted by molar-refractivity contribution is -0.149. The molecular formula is C27H34ClNO6. The molecule has 1 saturated carbocycles. The standard InChI is InChI=1S/C27H34ClNO6/c1-2-33-25(26(30)31)19-21-7-11-23(12-8-21)34-18-17-29(16-15-20-5-3-4-6-20)27(32)35-24-13-9-22(28)10-14-24/h7-14,20,25H,2-6,15-19H2,1H3,(H,30,31). The predicted octanol–water partition coefficient (Wildman–Crippen LogP) is 5.83. The van der Waals surface area contributed by atoms with Crippen LogP contribution in [-0.4, -0.2) is 54.5 Å². The largest absolute Gasteiger partial charge is 0.492 e. The number of carbonyl (C=O) groups is 2. The van der Waals surface area contributed by atoms with Crippen molar-refractivity contribution in [2.75, 3.05) is 26.3 Å². The zero-order valence-corrected chi connectivity index (χ0v) is 20.9. The van der Waals surface area contributed by atoms with E-state index in [2.05, 4.69) is 0 Å². The molecule has 2 aromatic carbocycles. The van der Waals surface area contributed by atoms with Gasteiger partial charge in [0.15, 0.2) is 6.10 Å². The van der Waals surface area contributed by atoms with E-state index in [-0.39, 0.29) is 6.42 Å². The fourth-order valence-corrected chi connectivity index (χ4v) is 4.35. The smallest absolute Gasteiger partial charge is 0.415 e. The minimum Gasteiger partial charge on any atom is -0.492 e. The molecule has 0 spiro atoms. The molecule has 1 unspecified atom stereocenters. The van der Waals surface area contributed by atoms with Crippen molar-refractivity contribution in [1.82, 2.24) is 4.90 Å². The van der Waals surface area contributed by atoms with Crippen LogP contribution in [0.25, 0.3) is 0 Å². The van der Waals surface area contributed by atoms with Gasteiger partial charge in [-0.25, -0.2) is 9.59 Å². The van der Waals surface area contributed by atoms with Crippen LogP contribution in [0.5, 0.6) is 11.5 Å². The molecule has 0 aromatic heterocycles. The van der Waals surface area contributed by atoms with Gasteiger partial charge in [0.25, 0.3) is 0 Å². The highest BCUT2D eigenvalue weighted by Crippen LogP contribution is 2.28. The highest BCUT2D eigenvalue weighted by molar-refractivity contribution is 6.30. The van der Waals surface area contributed by atoms with E-state index >= 15 is 0 Å². The average molecular weight is 504 g/mol. The molecule has 8 heteroatoms. The number of benzene rings is 2. The third kappa shape index (κ3) is 9.07. The number of hydrogen-bond acceptors (Lipinski definition) is 5.